The Hall–Kier alpha value is -1.64. The topological polar surface area (TPSA) is 46.2 Å². The van der Waals surface area contributed by atoms with Gasteiger partial charge in [-0.05, 0) is 22.8 Å². The van der Waals surface area contributed by atoms with E-state index in [9.17, 15) is 9.59 Å². The molecule has 1 aromatic carbocycles. The third-order valence-electron chi connectivity index (χ3n) is 4.60. The molecule has 1 aromatic rings. The molecule has 1 aliphatic rings. The first-order valence-electron chi connectivity index (χ1n) is 7.69. The van der Waals surface area contributed by atoms with E-state index in [2.05, 4.69) is 33.0 Å². The molecule has 0 radical (unpaired) electrons. The number of hydrogen-bond donors (Lipinski definition) is 1. The van der Waals surface area contributed by atoms with Crippen LogP contribution in [0.15, 0.2) is 30.3 Å². The van der Waals surface area contributed by atoms with Crippen LogP contribution in [0.1, 0.15) is 39.7 Å². The zero-order valence-corrected chi connectivity index (χ0v) is 13.3. The van der Waals surface area contributed by atoms with Gasteiger partial charge in [0.1, 0.15) is 11.7 Å². The highest BCUT2D eigenvalue weighted by molar-refractivity contribution is 6.03. The standard InChI is InChI=1S/C18H25NO2/c1-12(2)14-11-19-17(21)16(14)15(20)10-18(3,4)13-8-6-5-7-9-13/h5-9,12,14,16H,10-11H2,1-4H3,(H,19,21)/t14-,16-/m0/s1. The fourth-order valence-electron chi connectivity index (χ4n) is 3.18. The fourth-order valence-corrected chi connectivity index (χ4v) is 3.18. The van der Waals surface area contributed by atoms with Crippen LogP contribution < -0.4 is 5.32 Å². The van der Waals surface area contributed by atoms with Gasteiger partial charge < -0.3 is 5.32 Å². The number of benzene rings is 1. The summed E-state index contributed by atoms with van der Waals surface area (Å²) in [7, 11) is 0. The summed E-state index contributed by atoms with van der Waals surface area (Å²) in [6, 6.07) is 10.0. The van der Waals surface area contributed by atoms with Crippen molar-refractivity contribution in [2.75, 3.05) is 6.54 Å². The SMILES string of the molecule is CC(C)[C@@H]1CNC(=O)[C@@H]1C(=O)CC(C)(C)c1ccccc1. The molecule has 114 valence electrons. The Morgan fingerprint density at radius 1 is 1.29 bits per heavy atom. The Morgan fingerprint density at radius 2 is 1.90 bits per heavy atom. The summed E-state index contributed by atoms with van der Waals surface area (Å²) in [5.41, 5.74) is 0.890. The van der Waals surface area contributed by atoms with Crippen molar-refractivity contribution in [1.29, 1.82) is 0 Å². The van der Waals surface area contributed by atoms with E-state index >= 15 is 0 Å². The Kier molecular flexibility index (Phi) is 4.50. The van der Waals surface area contributed by atoms with E-state index in [-0.39, 0.29) is 23.0 Å². The van der Waals surface area contributed by atoms with Crippen molar-refractivity contribution in [2.45, 2.75) is 39.5 Å². The molecule has 1 amide bonds. The molecule has 3 nitrogen and oxygen atoms in total. The minimum absolute atomic E-state index is 0.0672. The molecule has 2 rings (SSSR count). The molecule has 0 saturated carbocycles. The molecule has 1 N–H and O–H groups in total. The maximum Gasteiger partial charge on any atom is 0.230 e. The van der Waals surface area contributed by atoms with E-state index in [0.29, 0.717) is 18.9 Å². The van der Waals surface area contributed by atoms with Crippen LogP contribution in [0.2, 0.25) is 0 Å². The van der Waals surface area contributed by atoms with Gasteiger partial charge >= 0.3 is 0 Å². The van der Waals surface area contributed by atoms with Crippen molar-refractivity contribution in [3.63, 3.8) is 0 Å². The molecule has 0 bridgehead atoms. The van der Waals surface area contributed by atoms with Gasteiger partial charge in [-0.2, -0.15) is 0 Å². The van der Waals surface area contributed by atoms with Crippen LogP contribution in [0.25, 0.3) is 0 Å². The summed E-state index contributed by atoms with van der Waals surface area (Å²) >= 11 is 0. The number of amides is 1. The third kappa shape index (κ3) is 3.34. The molecule has 0 unspecified atom stereocenters. The van der Waals surface area contributed by atoms with Gasteiger partial charge in [0.25, 0.3) is 0 Å². The van der Waals surface area contributed by atoms with Crippen molar-refractivity contribution in [3.8, 4) is 0 Å². The van der Waals surface area contributed by atoms with E-state index in [1.807, 2.05) is 30.3 Å². The van der Waals surface area contributed by atoms with Gasteiger partial charge in [0.15, 0.2) is 0 Å². The van der Waals surface area contributed by atoms with Crippen molar-refractivity contribution in [1.82, 2.24) is 5.32 Å². The smallest absolute Gasteiger partial charge is 0.230 e. The second kappa shape index (κ2) is 6.00. The second-order valence-electron chi connectivity index (χ2n) is 7.02. The predicted molar refractivity (Wildman–Crippen MR) is 83.9 cm³/mol. The summed E-state index contributed by atoms with van der Waals surface area (Å²) in [5.74, 6) is -0.0533. The molecule has 1 heterocycles. The van der Waals surface area contributed by atoms with Gasteiger partial charge in [0.2, 0.25) is 5.91 Å². The van der Waals surface area contributed by atoms with E-state index < -0.39 is 5.92 Å². The fraction of sp³-hybridized carbons (Fsp3) is 0.556. The monoisotopic (exact) mass is 287 g/mol. The van der Waals surface area contributed by atoms with Crippen LogP contribution in [0, 0.1) is 17.8 Å². The van der Waals surface area contributed by atoms with Crippen molar-refractivity contribution >= 4 is 11.7 Å². The summed E-state index contributed by atoms with van der Waals surface area (Å²) in [6.45, 7) is 8.91. The zero-order chi connectivity index (χ0) is 15.6. The number of ketones is 1. The number of hydrogen-bond acceptors (Lipinski definition) is 2. The van der Waals surface area contributed by atoms with Gasteiger partial charge in [-0.25, -0.2) is 0 Å². The number of Topliss-reactive ketones (excluding diaryl/α,β-unsaturated/α-hetero) is 1. The first-order valence-corrected chi connectivity index (χ1v) is 7.69. The average Bonchev–Trinajstić information content (AvgIpc) is 2.81. The number of rotatable bonds is 5. The van der Waals surface area contributed by atoms with Gasteiger partial charge in [0.05, 0.1) is 0 Å². The van der Waals surface area contributed by atoms with Crippen LogP contribution in [0.4, 0.5) is 0 Å². The van der Waals surface area contributed by atoms with Crippen molar-refractivity contribution in [2.24, 2.45) is 17.8 Å². The minimum atomic E-state index is -0.479. The van der Waals surface area contributed by atoms with E-state index in [1.54, 1.807) is 0 Å². The van der Waals surface area contributed by atoms with Crippen LogP contribution in [0.3, 0.4) is 0 Å². The van der Waals surface area contributed by atoms with Gasteiger partial charge in [-0.3, -0.25) is 9.59 Å². The van der Waals surface area contributed by atoms with Crippen molar-refractivity contribution < 1.29 is 9.59 Å². The summed E-state index contributed by atoms with van der Waals surface area (Å²) < 4.78 is 0. The lowest BCUT2D eigenvalue weighted by atomic mass is 9.74. The normalized spacial score (nSPS) is 22.4. The molecule has 1 fully saturated rings. The van der Waals surface area contributed by atoms with E-state index in [1.165, 1.54) is 0 Å². The van der Waals surface area contributed by atoms with Gasteiger partial charge in [-0.1, -0.05) is 58.0 Å². The summed E-state index contributed by atoms with van der Waals surface area (Å²) in [6.07, 6.45) is 0.401. The number of carbonyl (C=O) groups excluding carboxylic acids is 2. The Balaban J connectivity index is 2.15. The number of nitrogens with one attached hydrogen (secondary N) is 1. The maximum absolute atomic E-state index is 12.7. The molecule has 1 saturated heterocycles. The second-order valence-corrected chi connectivity index (χ2v) is 7.02. The average molecular weight is 287 g/mol. The first kappa shape index (κ1) is 15.7. The van der Waals surface area contributed by atoms with E-state index in [4.69, 9.17) is 0 Å². The molecule has 2 atom stereocenters. The van der Waals surface area contributed by atoms with Crippen LogP contribution in [-0.4, -0.2) is 18.2 Å². The molecular formula is C18H25NO2. The predicted octanol–water partition coefficient (Wildman–Crippen LogP) is 2.94. The summed E-state index contributed by atoms with van der Waals surface area (Å²) in [4.78, 5) is 24.7. The highest BCUT2D eigenvalue weighted by Gasteiger charge is 2.42. The Bertz CT molecular complexity index is 519. The summed E-state index contributed by atoms with van der Waals surface area (Å²) in [5, 5.41) is 2.85. The lowest BCUT2D eigenvalue weighted by molar-refractivity contribution is -0.134. The number of carbonyl (C=O) groups is 2. The van der Waals surface area contributed by atoms with Crippen LogP contribution in [-0.2, 0) is 15.0 Å². The molecule has 3 heteroatoms. The van der Waals surface area contributed by atoms with Gasteiger partial charge in [0, 0.05) is 13.0 Å². The molecule has 0 aliphatic carbocycles. The molecular weight excluding hydrogens is 262 g/mol. The first-order chi connectivity index (χ1) is 9.83. The molecule has 21 heavy (non-hydrogen) atoms. The van der Waals surface area contributed by atoms with Gasteiger partial charge in [-0.15, -0.1) is 0 Å². The largest absolute Gasteiger partial charge is 0.355 e. The van der Waals surface area contributed by atoms with Crippen molar-refractivity contribution in [3.05, 3.63) is 35.9 Å². The van der Waals surface area contributed by atoms with Crippen LogP contribution in [0.5, 0.6) is 0 Å². The molecule has 0 aromatic heterocycles. The molecule has 1 aliphatic heterocycles. The molecule has 0 spiro atoms. The quantitative estimate of drug-likeness (QED) is 0.846. The Morgan fingerprint density at radius 3 is 2.48 bits per heavy atom. The minimum Gasteiger partial charge on any atom is -0.355 e. The Labute approximate surface area is 127 Å². The van der Waals surface area contributed by atoms with E-state index in [0.717, 1.165) is 5.56 Å². The maximum atomic E-state index is 12.7. The highest BCUT2D eigenvalue weighted by atomic mass is 16.2. The lowest BCUT2D eigenvalue weighted by Crippen LogP contribution is -2.34. The zero-order valence-electron chi connectivity index (χ0n) is 13.3. The highest BCUT2D eigenvalue weighted by Crippen LogP contribution is 2.33. The van der Waals surface area contributed by atoms with Crippen LogP contribution >= 0.6 is 0 Å². The lowest BCUT2D eigenvalue weighted by Gasteiger charge is -2.27. The third-order valence-corrected chi connectivity index (χ3v) is 4.60.